The molecule has 0 aromatic rings. The number of likely N-dealkylation sites (N-methyl/N-ethyl adjacent to an activating group) is 1. The van der Waals surface area contributed by atoms with Crippen molar-refractivity contribution in [2.45, 2.75) is 20.8 Å². The molecule has 0 amide bonds. The van der Waals surface area contributed by atoms with Crippen molar-refractivity contribution in [3.05, 3.63) is 12.2 Å². The van der Waals surface area contributed by atoms with Gasteiger partial charge in [0.05, 0.1) is 0 Å². The van der Waals surface area contributed by atoms with Gasteiger partial charge in [-0.25, -0.2) is 0 Å². The Labute approximate surface area is 76.5 Å². The summed E-state index contributed by atoms with van der Waals surface area (Å²) in [5, 5.41) is 0. The van der Waals surface area contributed by atoms with Crippen LogP contribution in [-0.4, -0.2) is 25.5 Å². The number of allylic oxidation sites excluding steroid dienone is 1. The second-order valence-electron chi connectivity index (χ2n) is 4.18. The standard InChI is InChI=1S/C11H19N/c1-11(2,3)9-7-6-8-10-12(4)5/h6,8H,10H2,1-5H3/b8-6+. The topological polar surface area (TPSA) is 3.24 Å². The van der Waals surface area contributed by atoms with E-state index in [1.54, 1.807) is 0 Å². The number of hydrogen-bond donors (Lipinski definition) is 0. The SMILES string of the molecule is CN(C)C/C=C/C#CC(C)(C)C. The van der Waals surface area contributed by atoms with Crippen molar-refractivity contribution in [2.24, 2.45) is 5.41 Å². The zero-order chi connectivity index (χ0) is 9.61. The summed E-state index contributed by atoms with van der Waals surface area (Å²) in [4.78, 5) is 2.11. The van der Waals surface area contributed by atoms with Crippen LogP contribution in [0.5, 0.6) is 0 Å². The first-order chi connectivity index (χ1) is 5.42. The van der Waals surface area contributed by atoms with Crippen molar-refractivity contribution in [1.29, 1.82) is 0 Å². The van der Waals surface area contributed by atoms with Crippen molar-refractivity contribution in [3.8, 4) is 11.8 Å². The first-order valence-electron chi connectivity index (χ1n) is 4.24. The molecule has 0 aromatic heterocycles. The minimum atomic E-state index is 0.114. The lowest BCUT2D eigenvalue weighted by molar-refractivity contribution is 0.456. The van der Waals surface area contributed by atoms with Gasteiger partial charge in [0.15, 0.2) is 0 Å². The monoisotopic (exact) mass is 165 g/mol. The van der Waals surface area contributed by atoms with E-state index < -0.39 is 0 Å². The minimum Gasteiger partial charge on any atom is -0.306 e. The van der Waals surface area contributed by atoms with Crippen molar-refractivity contribution < 1.29 is 0 Å². The third-order valence-corrected chi connectivity index (χ3v) is 1.12. The molecule has 0 aliphatic heterocycles. The summed E-state index contributed by atoms with van der Waals surface area (Å²) < 4.78 is 0. The van der Waals surface area contributed by atoms with Crippen LogP contribution in [0.15, 0.2) is 12.2 Å². The highest BCUT2D eigenvalue weighted by Gasteiger charge is 2.01. The van der Waals surface area contributed by atoms with Gasteiger partial charge < -0.3 is 4.90 Å². The van der Waals surface area contributed by atoms with Gasteiger partial charge in [-0.05, 0) is 40.9 Å². The van der Waals surface area contributed by atoms with Crippen LogP contribution in [0, 0.1) is 17.3 Å². The molecule has 0 heterocycles. The third-order valence-electron chi connectivity index (χ3n) is 1.12. The summed E-state index contributed by atoms with van der Waals surface area (Å²) in [6.07, 6.45) is 3.99. The van der Waals surface area contributed by atoms with Crippen molar-refractivity contribution in [1.82, 2.24) is 4.90 Å². The fraction of sp³-hybridized carbons (Fsp3) is 0.636. The number of hydrogen-bond acceptors (Lipinski definition) is 1. The van der Waals surface area contributed by atoms with Gasteiger partial charge >= 0.3 is 0 Å². The van der Waals surface area contributed by atoms with E-state index in [1.807, 2.05) is 20.2 Å². The lowest BCUT2D eigenvalue weighted by Crippen LogP contribution is -2.10. The Balaban J connectivity index is 3.79. The van der Waals surface area contributed by atoms with Crippen LogP contribution in [0.1, 0.15) is 20.8 Å². The molecule has 0 saturated carbocycles. The van der Waals surface area contributed by atoms with Crippen LogP contribution in [0.2, 0.25) is 0 Å². The molecule has 1 nitrogen and oxygen atoms in total. The van der Waals surface area contributed by atoms with Crippen molar-refractivity contribution in [3.63, 3.8) is 0 Å². The van der Waals surface area contributed by atoms with Crippen LogP contribution in [0.3, 0.4) is 0 Å². The minimum absolute atomic E-state index is 0.114. The lowest BCUT2D eigenvalue weighted by atomic mass is 9.98. The van der Waals surface area contributed by atoms with E-state index in [4.69, 9.17) is 0 Å². The molecule has 0 spiro atoms. The average Bonchev–Trinajstić information content (AvgIpc) is 1.83. The highest BCUT2D eigenvalue weighted by atomic mass is 15.0. The molecule has 0 bridgehead atoms. The first kappa shape index (κ1) is 11.3. The van der Waals surface area contributed by atoms with E-state index >= 15 is 0 Å². The Kier molecular flexibility index (Phi) is 4.70. The molecule has 0 aromatic carbocycles. The zero-order valence-corrected chi connectivity index (χ0v) is 8.81. The molecule has 1 heteroatoms. The summed E-state index contributed by atoms with van der Waals surface area (Å²) in [6.45, 7) is 7.29. The molecular weight excluding hydrogens is 146 g/mol. The molecule has 68 valence electrons. The largest absolute Gasteiger partial charge is 0.306 e. The van der Waals surface area contributed by atoms with Gasteiger partial charge in [-0.3, -0.25) is 0 Å². The van der Waals surface area contributed by atoms with E-state index in [0.29, 0.717) is 0 Å². The summed E-state index contributed by atoms with van der Waals surface area (Å²) in [7, 11) is 4.09. The molecule has 0 rings (SSSR count). The predicted molar refractivity (Wildman–Crippen MR) is 54.9 cm³/mol. The molecule has 0 aliphatic carbocycles. The highest BCUT2D eigenvalue weighted by Crippen LogP contribution is 2.09. The van der Waals surface area contributed by atoms with Gasteiger partial charge in [0, 0.05) is 12.0 Å². The number of nitrogens with zero attached hydrogens (tertiary/aromatic N) is 1. The molecule has 12 heavy (non-hydrogen) atoms. The Morgan fingerprint density at radius 3 is 2.25 bits per heavy atom. The van der Waals surface area contributed by atoms with E-state index in [0.717, 1.165) is 6.54 Å². The van der Waals surface area contributed by atoms with Crippen molar-refractivity contribution >= 4 is 0 Å². The van der Waals surface area contributed by atoms with Gasteiger partial charge in [-0.1, -0.05) is 17.9 Å². The van der Waals surface area contributed by atoms with Gasteiger partial charge in [-0.2, -0.15) is 0 Å². The first-order valence-corrected chi connectivity index (χ1v) is 4.24. The van der Waals surface area contributed by atoms with E-state index in [9.17, 15) is 0 Å². The highest BCUT2D eigenvalue weighted by molar-refractivity contribution is 5.19. The Bertz CT molecular complexity index is 195. The fourth-order valence-electron chi connectivity index (χ4n) is 0.581. The Morgan fingerprint density at radius 2 is 1.83 bits per heavy atom. The summed E-state index contributed by atoms with van der Waals surface area (Å²) in [6, 6.07) is 0. The summed E-state index contributed by atoms with van der Waals surface area (Å²) >= 11 is 0. The molecule has 0 aliphatic rings. The van der Waals surface area contributed by atoms with E-state index in [-0.39, 0.29) is 5.41 Å². The molecule has 0 N–H and O–H groups in total. The van der Waals surface area contributed by atoms with Gasteiger partial charge in [0.25, 0.3) is 0 Å². The Hall–Kier alpha value is -0.740. The normalized spacial score (nSPS) is 11.8. The molecular formula is C11H19N. The maximum atomic E-state index is 3.14. The second-order valence-corrected chi connectivity index (χ2v) is 4.18. The molecule has 0 saturated heterocycles. The molecule has 0 radical (unpaired) electrons. The van der Waals surface area contributed by atoms with Gasteiger partial charge in [-0.15, -0.1) is 0 Å². The fourth-order valence-corrected chi connectivity index (χ4v) is 0.581. The third kappa shape index (κ3) is 9.26. The van der Waals surface area contributed by atoms with Crippen LogP contribution in [0.4, 0.5) is 0 Å². The maximum absolute atomic E-state index is 3.14. The van der Waals surface area contributed by atoms with E-state index in [1.165, 1.54) is 0 Å². The van der Waals surface area contributed by atoms with Gasteiger partial charge in [0.1, 0.15) is 0 Å². The maximum Gasteiger partial charge on any atom is 0.0233 e. The predicted octanol–water partition coefficient (Wildman–Crippen LogP) is 2.15. The molecule has 0 atom stereocenters. The summed E-state index contributed by atoms with van der Waals surface area (Å²) in [5.74, 6) is 6.16. The molecule has 0 fully saturated rings. The Morgan fingerprint density at radius 1 is 1.25 bits per heavy atom. The molecule has 0 unspecified atom stereocenters. The van der Waals surface area contributed by atoms with Crippen LogP contribution < -0.4 is 0 Å². The quantitative estimate of drug-likeness (QED) is 0.567. The number of rotatable bonds is 2. The van der Waals surface area contributed by atoms with Crippen LogP contribution in [0.25, 0.3) is 0 Å². The average molecular weight is 165 g/mol. The summed E-state index contributed by atoms with van der Waals surface area (Å²) in [5.41, 5.74) is 0.114. The van der Waals surface area contributed by atoms with Crippen molar-refractivity contribution in [2.75, 3.05) is 20.6 Å². The zero-order valence-electron chi connectivity index (χ0n) is 8.81. The lowest BCUT2D eigenvalue weighted by Gasteiger charge is -2.06. The van der Waals surface area contributed by atoms with E-state index in [2.05, 4.69) is 43.6 Å². The van der Waals surface area contributed by atoms with Crippen LogP contribution >= 0.6 is 0 Å². The van der Waals surface area contributed by atoms with Gasteiger partial charge in [0.2, 0.25) is 0 Å². The smallest absolute Gasteiger partial charge is 0.0233 e. The second kappa shape index (κ2) is 5.00. The van der Waals surface area contributed by atoms with Crippen LogP contribution in [-0.2, 0) is 0 Å².